The summed E-state index contributed by atoms with van der Waals surface area (Å²) in [7, 11) is 0. The number of rotatable bonds is 7. The van der Waals surface area contributed by atoms with Gasteiger partial charge in [-0.25, -0.2) is 4.79 Å². The van der Waals surface area contributed by atoms with Crippen molar-refractivity contribution in [2.45, 2.75) is 30.9 Å². The number of hydrogen-bond donors (Lipinski definition) is 2. The topological polar surface area (TPSA) is 99.4 Å². The van der Waals surface area contributed by atoms with Crippen LogP contribution < -0.4 is 5.32 Å². The predicted molar refractivity (Wildman–Crippen MR) is 102 cm³/mol. The highest BCUT2D eigenvalue weighted by Crippen LogP contribution is 2.39. The number of nitriles is 1. The van der Waals surface area contributed by atoms with E-state index in [9.17, 15) is 20.0 Å². The molecule has 1 saturated carbocycles. The summed E-state index contributed by atoms with van der Waals surface area (Å²) in [6.45, 7) is 1.08. The summed E-state index contributed by atoms with van der Waals surface area (Å²) in [4.78, 5) is 25.1. The summed E-state index contributed by atoms with van der Waals surface area (Å²) in [6, 6.07) is 19.0. The minimum atomic E-state index is -2.04. The summed E-state index contributed by atoms with van der Waals surface area (Å²) >= 11 is 0. The van der Waals surface area contributed by atoms with Crippen LogP contribution in [0.25, 0.3) is 0 Å². The Morgan fingerprint density at radius 3 is 2.04 bits per heavy atom. The maximum absolute atomic E-state index is 12.8. The molecule has 144 valence electrons. The van der Waals surface area contributed by atoms with Gasteiger partial charge in [0.05, 0.1) is 6.07 Å². The molecule has 0 unspecified atom stereocenters. The van der Waals surface area contributed by atoms with Crippen molar-refractivity contribution in [3.8, 4) is 6.07 Å². The molecule has 1 aliphatic carbocycles. The number of benzene rings is 2. The van der Waals surface area contributed by atoms with Crippen LogP contribution in [0.1, 0.15) is 30.9 Å². The van der Waals surface area contributed by atoms with E-state index < -0.39 is 29.6 Å². The number of carbonyl (C=O) groups is 2. The van der Waals surface area contributed by atoms with Crippen molar-refractivity contribution in [2.75, 3.05) is 6.61 Å². The summed E-state index contributed by atoms with van der Waals surface area (Å²) in [5.74, 6) is -1.42. The van der Waals surface area contributed by atoms with Gasteiger partial charge in [0.25, 0.3) is 5.91 Å². The van der Waals surface area contributed by atoms with Gasteiger partial charge in [-0.1, -0.05) is 60.7 Å². The SMILES string of the molecule is C[C@](C#N)(NC(=O)COC(=O)C(O)(c1ccccc1)c1ccccc1)C1CC1. The summed E-state index contributed by atoms with van der Waals surface area (Å²) in [5.41, 5.74) is -2.34. The minimum Gasteiger partial charge on any atom is -0.453 e. The zero-order valence-corrected chi connectivity index (χ0v) is 15.6. The third kappa shape index (κ3) is 3.90. The van der Waals surface area contributed by atoms with Gasteiger partial charge in [0.15, 0.2) is 6.61 Å². The Morgan fingerprint density at radius 1 is 1.11 bits per heavy atom. The first kappa shape index (κ1) is 19.6. The van der Waals surface area contributed by atoms with Crippen LogP contribution in [0.5, 0.6) is 0 Å². The molecule has 0 aliphatic heterocycles. The maximum Gasteiger partial charge on any atom is 0.348 e. The van der Waals surface area contributed by atoms with Crippen molar-refractivity contribution in [3.63, 3.8) is 0 Å². The molecule has 0 radical (unpaired) electrons. The van der Waals surface area contributed by atoms with Crippen LogP contribution in [-0.4, -0.2) is 29.1 Å². The van der Waals surface area contributed by atoms with Gasteiger partial charge in [0.1, 0.15) is 5.54 Å². The fourth-order valence-electron chi connectivity index (χ4n) is 3.20. The van der Waals surface area contributed by atoms with Crippen LogP contribution in [0.15, 0.2) is 60.7 Å². The molecule has 28 heavy (non-hydrogen) atoms. The average molecular weight is 378 g/mol. The minimum absolute atomic E-state index is 0.114. The van der Waals surface area contributed by atoms with Gasteiger partial charge in [0, 0.05) is 0 Å². The number of nitrogens with one attached hydrogen (secondary N) is 1. The van der Waals surface area contributed by atoms with Gasteiger partial charge in [-0.05, 0) is 36.8 Å². The number of amides is 1. The molecule has 1 fully saturated rings. The van der Waals surface area contributed by atoms with Gasteiger partial charge in [0.2, 0.25) is 5.60 Å². The van der Waals surface area contributed by atoms with E-state index in [0.29, 0.717) is 11.1 Å². The number of aliphatic hydroxyl groups is 1. The van der Waals surface area contributed by atoms with Crippen molar-refractivity contribution in [1.82, 2.24) is 5.32 Å². The molecule has 0 aromatic heterocycles. The van der Waals surface area contributed by atoms with Crippen molar-refractivity contribution in [1.29, 1.82) is 5.26 Å². The zero-order chi connectivity index (χ0) is 20.2. The number of esters is 1. The Balaban J connectivity index is 1.76. The summed E-state index contributed by atoms with van der Waals surface area (Å²) in [5, 5.41) is 23.2. The molecule has 1 aliphatic rings. The molecular weight excluding hydrogens is 356 g/mol. The third-order valence-electron chi connectivity index (χ3n) is 5.04. The van der Waals surface area contributed by atoms with Gasteiger partial charge in [-0.15, -0.1) is 0 Å². The zero-order valence-electron chi connectivity index (χ0n) is 15.6. The van der Waals surface area contributed by atoms with Crippen molar-refractivity contribution < 1.29 is 19.4 Å². The second kappa shape index (κ2) is 7.83. The van der Waals surface area contributed by atoms with E-state index >= 15 is 0 Å². The Hall–Kier alpha value is -3.17. The molecule has 0 heterocycles. The van der Waals surface area contributed by atoms with Crippen LogP contribution in [-0.2, 0) is 19.9 Å². The number of ether oxygens (including phenoxy) is 1. The van der Waals surface area contributed by atoms with E-state index in [2.05, 4.69) is 11.4 Å². The highest BCUT2D eigenvalue weighted by molar-refractivity contribution is 5.88. The molecule has 6 nitrogen and oxygen atoms in total. The smallest absolute Gasteiger partial charge is 0.348 e. The largest absolute Gasteiger partial charge is 0.453 e. The lowest BCUT2D eigenvalue weighted by molar-refractivity contribution is -0.164. The van der Waals surface area contributed by atoms with Crippen LogP contribution in [0.4, 0.5) is 0 Å². The average Bonchev–Trinajstić information content (AvgIpc) is 3.58. The lowest BCUT2D eigenvalue weighted by atomic mass is 9.86. The number of nitrogens with zero attached hydrogens (tertiary/aromatic N) is 1. The summed E-state index contributed by atoms with van der Waals surface area (Å²) < 4.78 is 5.16. The highest BCUT2D eigenvalue weighted by atomic mass is 16.6. The second-order valence-corrected chi connectivity index (χ2v) is 7.16. The molecule has 1 atom stereocenters. The fraction of sp³-hybridized carbons (Fsp3) is 0.318. The van der Waals surface area contributed by atoms with E-state index in [1.165, 1.54) is 0 Å². The van der Waals surface area contributed by atoms with Crippen molar-refractivity contribution >= 4 is 11.9 Å². The lowest BCUT2D eigenvalue weighted by Gasteiger charge is -2.27. The van der Waals surface area contributed by atoms with E-state index in [4.69, 9.17) is 4.74 Å². The first-order valence-corrected chi connectivity index (χ1v) is 9.13. The molecule has 3 rings (SSSR count). The van der Waals surface area contributed by atoms with Gasteiger partial charge >= 0.3 is 5.97 Å². The second-order valence-electron chi connectivity index (χ2n) is 7.16. The van der Waals surface area contributed by atoms with Crippen LogP contribution >= 0.6 is 0 Å². The van der Waals surface area contributed by atoms with Crippen LogP contribution in [0.3, 0.4) is 0 Å². The molecule has 2 aromatic rings. The van der Waals surface area contributed by atoms with Gasteiger partial charge in [-0.2, -0.15) is 5.26 Å². The highest BCUT2D eigenvalue weighted by Gasteiger charge is 2.44. The molecule has 0 saturated heterocycles. The Morgan fingerprint density at radius 2 is 1.61 bits per heavy atom. The molecular formula is C22H22N2O4. The molecule has 2 aromatic carbocycles. The molecule has 0 bridgehead atoms. The van der Waals surface area contributed by atoms with Crippen LogP contribution in [0.2, 0.25) is 0 Å². The Labute approximate surface area is 163 Å². The van der Waals surface area contributed by atoms with Gasteiger partial charge in [-0.3, -0.25) is 4.79 Å². The Bertz CT molecular complexity index is 848. The first-order valence-electron chi connectivity index (χ1n) is 9.13. The quantitative estimate of drug-likeness (QED) is 0.720. The maximum atomic E-state index is 12.8. The van der Waals surface area contributed by atoms with E-state index in [0.717, 1.165) is 12.8 Å². The summed E-state index contributed by atoms with van der Waals surface area (Å²) in [6.07, 6.45) is 1.76. The number of carbonyl (C=O) groups excluding carboxylic acids is 2. The lowest BCUT2D eigenvalue weighted by Crippen LogP contribution is -2.49. The van der Waals surface area contributed by atoms with Gasteiger partial charge < -0.3 is 15.2 Å². The fourth-order valence-corrected chi connectivity index (χ4v) is 3.20. The Kier molecular flexibility index (Phi) is 5.48. The molecule has 6 heteroatoms. The molecule has 1 amide bonds. The van der Waals surface area contributed by atoms with E-state index in [1.54, 1.807) is 67.6 Å². The predicted octanol–water partition coefficient (Wildman–Crippen LogP) is 2.27. The molecule has 0 spiro atoms. The third-order valence-corrected chi connectivity index (χ3v) is 5.04. The van der Waals surface area contributed by atoms with Crippen LogP contribution in [0, 0.1) is 17.2 Å². The standard InChI is InChI=1S/C22H22N2O4/c1-21(15-23,16-12-13-16)24-19(25)14-28-20(26)22(27,17-8-4-2-5-9-17)18-10-6-3-7-11-18/h2-11,16,27H,12-14H2,1H3,(H,24,25)/t21-/m1/s1. The normalized spacial score (nSPS) is 15.8. The first-order chi connectivity index (χ1) is 13.4. The number of hydrogen-bond acceptors (Lipinski definition) is 5. The molecule has 2 N–H and O–H groups in total. The monoisotopic (exact) mass is 378 g/mol. The van der Waals surface area contributed by atoms with E-state index in [1.807, 2.05) is 0 Å². The van der Waals surface area contributed by atoms with Crippen molar-refractivity contribution in [3.05, 3.63) is 71.8 Å². The van der Waals surface area contributed by atoms with E-state index in [-0.39, 0.29) is 5.92 Å². The van der Waals surface area contributed by atoms with Crippen molar-refractivity contribution in [2.24, 2.45) is 5.92 Å².